The van der Waals surface area contributed by atoms with E-state index in [0.717, 1.165) is 18.7 Å². The first kappa shape index (κ1) is 25.4. The number of ether oxygens (including phenoxy) is 1. The van der Waals surface area contributed by atoms with Crippen molar-refractivity contribution in [2.75, 3.05) is 27.2 Å². The number of benzene rings is 3. The Morgan fingerprint density at radius 3 is 2.42 bits per heavy atom. The van der Waals surface area contributed by atoms with Crippen molar-refractivity contribution in [3.05, 3.63) is 95.1 Å². The van der Waals surface area contributed by atoms with Crippen LogP contribution in [0.15, 0.2) is 77.8 Å². The number of ketones is 1. The largest absolute Gasteiger partial charge is 0.494 e. The highest BCUT2D eigenvalue weighted by Gasteiger charge is 2.31. The summed E-state index contributed by atoms with van der Waals surface area (Å²) in [6.07, 6.45) is 0. The molecule has 1 fully saturated rings. The van der Waals surface area contributed by atoms with Crippen molar-refractivity contribution in [1.82, 2.24) is 15.2 Å². The number of methoxy groups -OCH3 is 1. The number of rotatable bonds is 6. The van der Waals surface area contributed by atoms with Crippen molar-refractivity contribution in [3.63, 3.8) is 0 Å². The lowest BCUT2D eigenvalue weighted by atomic mass is 9.96. The van der Waals surface area contributed by atoms with Gasteiger partial charge in [0.05, 0.1) is 35.7 Å². The van der Waals surface area contributed by atoms with Gasteiger partial charge in [-0.25, -0.2) is 9.79 Å². The molecule has 2 heterocycles. The summed E-state index contributed by atoms with van der Waals surface area (Å²) in [6.45, 7) is 3.74. The molecule has 194 valence electrons. The quantitative estimate of drug-likeness (QED) is 0.203. The van der Waals surface area contributed by atoms with E-state index in [4.69, 9.17) is 9.73 Å². The molecule has 3 N–H and O–H groups in total. The third-order valence-corrected chi connectivity index (χ3v) is 7.17. The second-order valence-corrected chi connectivity index (χ2v) is 9.49. The average Bonchev–Trinajstić information content (AvgIpc) is 3.27. The molecule has 1 saturated heterocycles. The summed E-state index contributed by atoms with van der Waals surface area (Å²) in [5.41, 5.74) is 4.11. The molecule has 8 nitrogen and oxygen atoms in total. The molecule has 0 bridgehead atoms. The van der Waals surface area contributed by atoms with Gasteiger partial charge >= 0.3 is 5.97 Å². The van der Waals surface area contributed by atoms with E-state index in [9.17, 15) is 14.7 Å². The lowest BCUT2D eigenvalue weighted by Gasteiger charge is -2.36. The molecule has 0 amide bonds. The van der Waals surface area contributed by atoms with Crippen LogP contribution < -0.4 is 5.32 Å². The molecule has 0 aliphatic carbocycles. The Morgan fingerprint density at radius 2 is 1.71 bits per heavy atom. The minimum atomic E-state index is -0.460. The van der Waals surface area contributed by atoms with E-state index >= 15 is 0 Å². The molecule has 1 unspecified atom stereocenters. The Balaban J connectivity index is 1.54. The van der Waals surface area contributed by atoms with Gasteiger partial charge in [-0.1, -0.05) is 36.4 Å². The molecule has 3 aromatic carbocycles. The molecule has 8 heteroatoms. The zero-order chi connectivity index (χ0) is 26.8. The molecule has 38 heavy (non-hydrogen) atoms. The lowest BCUT2D eigenvalue weighted by molar-refractivity contribution is 0.0600. The number of Topliss-reactive ketones (excluding diaryl/α,β-unsaturated/α-hetero) is 1. The number of carbonyl (C=O) groups is 2. The van der Waals surface area contributed by atoms with Crippen LogP contribution in [0.1, 0.15) is 38.8 Å². The van der Waals surface area contributed by atoms with Crippen molar-refractivity contribution in [2.45, 2.75) is 19.0 Å². The summed E-state index contributed by atoms with van der Waals surface area (Å²) in [5.74, 6) is -0.463. The van der Waals surface area contributed by atoms with Crippen LogP contribution in [0.2, 0.25) is 0 Å². The van der Waals surface area contributed by atoms with Crippen LogP contribution >= 0.6 is 0 Å². The molecule has 1 aliphatic heterocycles. The molecular formula is C30H30N4O4. The highest BCUT2D eigenvalue weighted by atomic mass is 16.5. The third-order valence-electron chi connectivity index (χ3n) is 7.17. The molecule has 1 aromatic heterocycles. The van der Waals surface area contributed by atoms with Crippen molar-refractivity contribution >= 4 is 34.1 Å². The molecule has 0 saturated carbocycles. The summed E-state index contributed by atoms with van der Waals surface area (Å²) in [5, 5.41) is 15.0. The van der Waals surface area contributed by atoms with Crippen molar-refractivity contribution in [1.29, 1.82) is 0 Å². The number of aromatic hydroxyl groups is 1. The van der Waals surface area contributed by atoms with Crippen LogP contribution in [0.25, 0.3) is 10.9 Å². The fourth-order valence-corrected chi connectivity index (χ4v) is 4.87. The number of esters is 1. The van der Waals surface area contributed by atoms with E-state index in [1.807, 2.05) is 49.5 Å². The predicted octanol–water partition coefficient (Wildman–Crippen LogP) is 4.30. The van der Waals surface area contributed by atoms with Crippen molar-refractivity contribution < 1.29 is 19.4 Å². The van der Waals surface area contributed by atoms with Gasteiger partial charge in [-0.2, -0.15) is 0 Å². The first-order valence-corrected chi connectivity index (χ1v) is 12.5. The smallest absolute Gasteiger partial charge is 0.337 e. The van der Waals surface area contributed by atoms with E-state index in [-0.39, 0.29) is 23.7 Å². The van der Waals surface area contributed by atoms with E-state index in [2.05, 4.69) is 22.1 Å². The van der Waals surface area contributed by atoms with Gasteiger partial charge < -0.3 is 25.0 Å². The van der Waals surface area contributed by atoms with Crippen LogP contribution in [0.4, 0.5) is 5.69 Å². The maximum Gasteiger partial charge on any atom is 0.337 e. The molecule has 5 rings (SSSR count). The lowest BCUT2D eigenvalue weighted by Crippen LogP contribution is -2.58. The molecule has 0 radical (unpaired) electrons. The number of nitrogens with zero attached hydrogens (tertiary/aromatic N) is 2. The summed E-state index contributed by atoms with van der Waals surface area (Å²) in [4.78, 5) is 35.2. The maximum absolute atomic E-state index is 13.2. The fourth-order valence-electron chi connectivity index (χ4n) is 4.87. The number of aliphatic imine (C=N–C) groups is 1. The minimum absolute atomic E-state index is 0.0542. The van der Waals surface area contributed by atoms with E-state index < -0.39 is 5.97 Å². The second kappa shape index (κ2) is 10.6. The zero-order valence-electron chi connectivity index (χ0n) is 21.6. The minimum Gasteiger partial charge on any atom is -0.494 e. The van der Waals surface area contributed by atoms with Crippen LogP contribution in [-0.2, 0) is 4.74 Å². The molecule has 2 atom stereocenters. The number of fused-ring (bicyclic) bond motifs is 1. The molecule has 4 aromatic rings. The van der Waals surface area contributed by atoms with Gasteiger partial charge in [-0.3, -0.25) is 4.79 Å². The zero-order valence-corrected chi connectivity index (χ0v) is 21.6. The van der Waals surface area contributed by atoms with Crippen LogP contribution in [-0.4, -0.2) is 71.8 Å². The summed E-state index contributed by atoms with van der Waals surface area (Å²) in [6, 6.07) is 21.7. The summed E-state index contributed by atoms with van der Waals surface area (Å²) in [7, 11) is 3.36. The number of nitrogens with one attached hydrogen (secondary N) is 2. The van der Waals surface area contributed by atoms with E-state index in [0.29, 0.717) is 39.0 Å². The number of aromatic nitrogens is 1. The molecule has 1 aliphatic rings. The van der Waals surface area contributed by atoms with Gasteiger partial charge in [0.25, 0.3) is 0 Å². The third kappa shape index (κ3) is 4.83. The number of likely N-dealkylation sites (N-methyl/N-ethyl adjacent to an activating group) is 1. The average molecular weight is 511 g/mol. The van der Waals surface area contributed by atoms with E-state index in [1.54, 1.807) is 30.3 Å². The first-order chi connectivity index (χ1) is 18.4. The first-order valence-electron chi connectivity index (χ1n) is 12.5. The molecular weight excluding hydrogens is 480 g/mol. The number of carbonyl (C=O) groups excluding carboxylic acids is 2. The van der Waals surface area contributed by atoms with Crippen LogP contribution in [0.3, 0.4) is 0 Å². The number of piperazine rings is 1. The standard InChI is InChI=1S/C30H30N4O4/c1-18-26(31-15-16-34(18)2)28(35)20-9-12-22(13-10-20)32-27(19-7-5-4-6-8-19)25-23-14-11-21(30(37)38-3)17-24(23)33-29(25)36/h4-14,17-18,26,31,33,36H,15-16H2,1-3H3/t18?,26-/m0/s1. The monoisotopic (exact) mass is 510 g/mol. The Bertz CT molecular complexity index is 1510. The van der Waals surface area contributed by atoms with Crippen molar-refractivity contribution in [3.8, 4) is 5.88 Å². The van der Waals surface area contributed by atoms with Gasteiger partial charge in [0, 0.05) is 41.2 Å². The van der Waals surface area contributed by atoms with Gasteiger partial charge in [0.2, 0.25) is 0 Å². The van der Waals surface area contributed by atoms with Gasteiger partial charge in [-0.15, -0.1) is 0 Å². The Hall–Kier alpha value is -4.27. The Kier molecular flexibility index (Phi) is 7.09. The SMILES string of the molecule is COC(=O)c1ccc2c(C(=Nc3ccc(C(=O)[C@H]4NCCN(C)C4C)cc3)c3ccccc3)c(O)[nH]c2c1. The highest BCUT2D eigenvalue weighted by Crippen LogP contribution is 2.32. The topological polar surface area (TPSA) is 107 Å². The number of hydrogen-bond acceptors (Lipinski definition) is 7. The highest BCUT2D eigenvalue weighted by molar-refractivity contribution is 6.22. The van der Waals surface area contributed by atoms with E-state index in [1.165, 1.54) is 7.11 Å². The number of hydrogen-bond donors (Lipinski definition) is 3. The number of aromatic amines is 1. The second-order valence-electron chi connectivity index (χ2n) is 9.49. The van der Waals surface area contributed by atoms with Crippen molar-refractivity contribution in [2.24, 2.45) is 4.99 Å². The van der Waals surface area contributed by atoms with Gasteiger partial charge in [-0.05, 0) is 50.4 Å². The van der Waals surface area contributed by atoms with Crippen LogP contribution in [0.5, 0.6) is 5.88 Å². The van der Waals surface area contributed by atoms with Gasteiger partial charge in [0.1, 0.15) is 0 Å². The van der Waals surface area contributed by atoms with Gasteiger partial charge in [0.15, 0.2) is 11.7 Å². The summed E-state index contributed by atoms with van der Waals surface area (Å²) < 4.78 is 4.82. The maximum atomic E-state index is 13.2. The fraction of sp³-hybridized carbons (Fsp3) is 0.233. The number of H-pyrrole nitrogens is 1. The van der Waals surface area contributed by atoms with Crippen LogP contribution in [0, 0.1) is 0 Å². The Labute approximate surface area is 221 Å². The Morgan fingerprint density at radius 1 is 1.00 bits per heavy atom. The summed E-state index contributed by atoms with van der Waals surface area (Å²) >= 11 is 0. The normalized spacial score (nSPS) is 18.4. The molecule has 0 spiro atoms. The predicted molar refractivity (Wildman–Crippen MR) is 148 cm³/mol.